The van der Waals surface area contributed by atoms with Crippen molar-refractivity contribution in [1.29, 1.82) is 0 Å². The number of unbranched alkanes of at least 4 members (excludes halogenated alkanes) is 1. The summed E-state index contributed by atoms with van der Waals surface area (Å²) in [4.78, 5) is 29.4. The highest BCUT2D eigenvalue weighted by molar-refractivity contribution is 5.88. The van der Waals surface area contributed by atoms with E-state index in [-0.39, 0.29) is 23.7 Å². The van der Waals surface area contributed by atoms with Gasteiger partial charge < -0.3 is 16.0 Å². The Kier molecular flexibility index (Phi) is 6.38. The van der Waals surface area contributed by atoms with Crippen LogP contribution in [0.1, 0.15) is 32.1 Å². The van der Waals surface area contributed by atoms with Gasteiger partial charge in [-0.15, -0.1) is 0 Å². The number of para-hydroxylation sites is 1. The second-order valence-corrected chi connectivity index (χ2v) is 8.95. The van der Waals surface area contributed by atoms with Crippen molar-refractivity contribution in [2.45, 2.75) is 32.1 Å². The van der Waals surface area contributed by atoms with Crippen LogP contribution in [0.25, 0.3) is 0 Å². The van der Waals surface area contributed by atoms with Crippen molar-refractivity contribution in [3.8, 4) is 0 Å². The molecule has 6 heteroatoms. The Labute approximate surface area is 173 Å². The van der Waals surface area contributed by atoms with Gasteiger partial charge in [0.1, 0.15) is 0 Å². The number of nitrogens with one attached hydrogen (secondary N) is 1. The van der Waals surface area contributed by atoms with Crippen molar-refractivity contribution in [3.63, 3.8) is 0 Å². The molecule has 0 unspecified atom stereocenters. The number of rotatable bonds is 8. The number of anilines is 1. The van der Waals surface area contributed by atoms with Crippen LogP contribution in [0.2, 0.25) is 0 Å². The number of carbonyl (C=O) groups excluding carboxylic acids is 2. The number of benzene rings is 1. The molecule has 4 atom stereocenters. The van der Waals surface area contributed by atoms with E-state index < -0.39 is 0 Å². The molecule has 4 rings (SSSR count). The van der Waals surface area contributed by atoms with Gasteiger partial charge in [0, 0.05) is 38.4 Å². The Morgan fingerprint density at radius 2 is 1.66 bits per heavy atom. The van der Waals surface area contributed by atoms with Crippen LogP contribution in [-0.2, 0) is 9.59 Å². The maximum absolute atomic E-state index is 12.7. The largest absolute Gasteiger partial charge is 0.369 e. The molecular formula is C23H34N4O2. The minimum atomic E-state index is -0.285. The second-order valence-electron chi connectivity index (χ2n) is 8.95. The minimum Gasteiger partial charge on any atom is -0.369 e. The van der Waals surface area contributed by atoms with Gasteiger partial charge in [0.2, 0.25) is 11.8 Å². The van der Waals surface area contributed by atoms with Crippen LogP contribution in [0, 0.1) is 23.7 Å². The molecular weight excluding hydrogens is 364 g/mol. The standard InChI is InChI=1S/C23H34N4O2/c24-22(28)20-17-8-9-18(16-17)21(20)23(29)25-10-4-5-11-26-12-14-27(15-13-26)19-6-2-1-3-7-19/h1-3,6-7,17-18,20-21H,4-5,8-16H2,(H2,24,28)(H,25,29)/t17-,18+,20+,21-/m1/s1. The summed E-state index contributed by atoms with van der Waals surface area (Å²) in [5.74, 6) is 0.0395. The first-order valence-electron chi connectivity index (χ1n) is 11.2. The van der Waals surface area contributed by atoms with Crippen LogP contribution in [0.4, 0.5) is 5.69 Å². The van der Waals surface area contributed by atoms with E-state index in [4.69, 9.17) is 5.73 Å². The van der Waals surface area contributed by atoms with E-state index in [9.17, 15) is 9.59 Å². The molecule has 2 saturated carbocycles. The highest BCUT2D eigenvalue weighted by atomic mass is 16.2. The van der Waals surface area contributed by atoms with Crippen LogP contribution in [0.5, 0.6) is 0 Å². The van der Waals surface area contributed by atoms with Crippen molar-refractivity contribution in [1.82, 2.24) is 10.2 Å². The summed E-state index contributed by atoms with van der Waals surface area (Å²) in [7, 11) is 0. The molecule has 3 N–H and O–H groups in total. The molecule has 2 aliphatic carbocycles. The van der Waals surface area contributed by atoms with E-state index in [2.05, 4.69) is 45.4 Å². The van der Waals surface area contributed by atoms with Gasteiger partial charge in [-0.3, -0.25) is 14.5 Å². The molecule has 0 spiro atoms. The first-order chi connectivity index (χ1) is 14.1. The normalized spacial score (nSPS) is 29.2. The predicted octanol–water partition coefficient (Wildman–Crippen LogP) is 1.85. The summed E-state index contributed by atoms with van der Waals surface area (Å²) in [6.45, 7) is 6.09. The maximum Gasteiger partial charge on any atom is 0.224 e. The van der Waals surface area contributed by atoms with Crippen molar-refractivity contribution >= 4 is 17.5 Å². The number of nitrogens with zero attached hydrogens (tertiary/aromatic N) is 2. The average Bonchev–Trinajstić information content (AvgIpc) is 3.36. The maximum atomic E-state index is 12.7. The van der Waals surface area contributed by atoms with Crippen LogP contribution in [0.15, 0.2) is 30.3 Å². The van der Waals surface area contributed by atoms with E-state index in [0.29, 0.717) is 18.4 Å². The van der Waals surface area contributed by atoms with Crippen molar-refractivity contribution in [2.24, 2.45) is 29.4 Å². The van der Waals surface area contributed by atoms with E-state index in [1.807, 2.05) is 0 Å². The van der Waals surface area contributed by atoms with Crippen molar-refractivity contribution in [3.05, 3.63) is 30.3 Å². The Balaban J connectivity index is 1.12. The van der Waals surface area contributed by atoms with E-state index in [1.54, 1.807) is 0 Å². The lowest BCUT2D eigenvalue weighted by atomic mass is 9.78. The van der Waals surface area contributed by atoms with Gasteiger partial charge in [0.25, 0.3) is 0 Å². The number of carbonyl (C=O) groups is 2. The van der Waals surface area contributed by atoms with Gasteiger partial charge >= 0.3 is 0 Å². The summed E-state index contributed by atoms with van der Waals surface area (Å²) < 4.78 is 0. The summed E-state index contributed by atoms with van der Waals surface area (Å²) in [5, 5.41) is 3.09. The number of amides is 2. The smallest absolute Gasteiger partial charge is 0.224 e. The Morgan fingerprint density at radius 1 is 0.966 bits per heavy atom. The van der Waals surface area contributed by atoms with Gasteiger partial charge in [-0.05, 0) is 62.6 Å². The molecule has 1 saturated heterocycles. The number of primary amides is 1. The second kappa shape index (κ2) is 9.16. The fourth-order valence-electron chi connectivity index (χ4n) is 5.74. The lowest BCUT2D eigenvalue weighted by molar-refractivity contribution is -0.135. The molecule has 3 aliphatic rings. The van der Waals surface area contributed by atoms with E-state index in [0.717, 1.165) is 64.8 Å². The highest BCUT2D eigenvalue weighted by Gasteiger charge is 2.52. The minimum absolute atomic E-state index is 0.0532. The highest BCUT2D eigenvalue weighted by Crippen LogP contribution is 2.52. The van der Waals surface area contributed by atoms with Crippen molar-refractivity contribution < 1.29 is 9.59 Å². The predicted molar refractivity (Wildman–Crippen MR) is 114 cm³/mol. The van der Waals surface area contributed by atoms with Crippen LogP contribution < -0.4 is 16.0 Å². The fraction of sp³-hybridized carbons (Fsp3) is 0.652. The molecule has 3 fully saturated rings. The zero-order valence-electron chi connectivity index (χ0n) is 17.3. The third-order valence-electron chi connectivity index (χ3n) is 7.24. The van der Waals surface area contributed by atoms with Gasteiger partial charge in [-0.1, -0.05) is 18.2 Å². The third-order valence-corrected chi connectivity index (χ3v) is 7.24. The number of hydrogen-bond donors (Lipinski definition) is 2. The molecule has 1 aromatic carbocycles. The van der Waals surface area contributed by atoms with Gasteiger partial charge in [0.05, 0.1) is 11.8 Å². The third kappa shape index (κ3) is 4.58. The molecule has 1 aromatic rings. The number of hydrogen-bond acceptors (Lipinski definition) is 4. The number of piperazine rings is 1. The zero-order valence-corrected chi connectivity index (χ0v) is 17.3. The fourth-order valence-corrected chi connectivity index (χ4v) is 5.74. The Bertz CT molecular complexity index is 702. The Hall–Kier alpha value is -2.08. The van der Waals surface area contributed by atoms with Gasteiger partial charge in [0.15, 0.2) is 0 Å². The lowest BCUT2D eigenvalue weighted by Gasteiger charge is -2.36. The summed E-state index contributed by atoms with van der Waals surface area (Å²) in [5.41, 5.74) is 6.90. The molecule has 1 heterocycles. The first-order valence-corrected chi connectivity index (χ1v) is 11.2. The first kappa shape index (κ1) is 20.2. The van der Waals surface area contributed by atoms with Crippen LogP contribution in [0.3, 0.4) is 0 Å². The van der Waals surface area contributed by atoms with Gasteiger partial charge in [-0.25, -0.2) is 0 Å². The summed E-state index contributed by atoms with van der Waals surface area (Å²) in [6, 6.07) is 10.6. The van der Waals surface area contributed by atoms with Crippen molar-refractivity contribution in [2.75, 3.05) is 44.2 Å². The topological polar surface area (TPSA) is 78.7 Å². The van der Waals surface area contributed by atoms with E-state index in [1.165, 1.54) is 5.69 Å². The molecule has 6 nitrogen and oxygen atoms in total. The lowest BCUT2D eigenvalue weighted by Crippen LogP contribution is -2.46. The summed E-state index contributed by atoms with van der Waals surface area (Å²) in [6.07, 6.45) is 5.19. The van der Waals surface area contributed by atoms with E-state index >= 15 is 0 Å². The van der Waals surface area contributed by atoms with Crippen LogP contribution >= 0.6 is 0 Å². The summed E-state index contributed by atoms with van der Waals surface area (Å²) >= 11 is 0. The molecule has 0 radical (unpaired) electrons. The quantitative estimate of drug-likeness (QED) is 0.655. The Morgan fingerprint density at radius 3 is 2.34 bits per heavy atom. The monoisotopic (exact) mass is 398 g/mol. The molecule has 1 aliphatic heterocycles. The van der Waals surface area contributed by atoms with Gasteiger partial charge in [-0.2, -0.15) is 0 Å². The average molecular weight is 399 g/mol. The number of fused-ring (bicyclic) bond motifs is 2. The molecule has 29 heavy (non-hydrogen) atoms. The SMILES string of the molecule is NC(=O)[C@H]1[C@@H]2CC[C@@H](C2)[C@H]1C(=O)NCCCCN1CCN(c2ccccc2)CC1. The molecule has 0 aromatic heterocycles. The molecule has 2 amide bonds. The zero-order chi connectivity index (χ0) is 20.2. The molecule has 2 bridgehead atoms. The van der Waals surface area contributed by atoms with Crippen LogP contribution in [-0.4, -0.2) is 56.0 Å². The number of nitrogens with two attached hydrogens (primary N) is 1. The molecule has 158 valence electrons.